The molecule has 20 heavy (non-hydrogen) atoms. The summed E-state index contributed by atoms with van der Waals surface area (Å²) >= 11 is 0. The fraction of sp³-hybridized carbons (Fsp3) is 0.938. The molecule has 4 nitrogen and oxygen atoms in total. The minimum absolute atomic E-state index is 0.0973. The summed E-state index contributed by atoms with van der Waals surface area (Å²) in [4.78, 5) is 10.9. The Bertz CT molecular complexity index is 231. The van der Waals surface area contributed by atoms with Gasteiger partial charge in [0, 0.05) is 0 Å². The highest BCUT2D eigenvalue weighted by Crippen LogP contribution is 2.13. The molecule has 2 atom stereocenters. The third kappa shape index (κ3) is 12.4. The summed E-state index contributed by atoms with van der Waals surface area (Å²) in [5.74, 6) is -0.349. The Kier molecular flexibility index (Phi) is 13.0. The van der Waals surface area contributed by atoms with E-state index in [1.54, 1.807) is 0 Å². The zero-order chi connectivity index (χ0) is 15.2. The first-order valence-electron chi connectivity index (χ1n) is 8.03. The standard InChI is InChI=1S/C16H32O4/c1-3-4-10-14(17)11-8-6-5-7-9-12-15(18)13-16(19)20-2/h14-15,17-18H,3-13H2,1-2H3. The molecule has 0 saturated carbocycles. The van der Waals surface area contributed by atoms with Gasteiger partial charge in [-0.15, -0.1) is 0 Å². The second kappa shape index (κ2) is 13.4. The molecule has 0 amide bonds. The van der Waals surface area contributed by atoms with Crippen molar-refractivity contribution in [3.8, 4) is 0 Å². The summed E-state index contributed by atoms with van der Waals surface area (Å²) in [6, 6.07) is 0. The number of carbonyl (C=O) groups excluding carboxylic acids is 1. The number of unbranched alkanes of at least 4 members (excludes halogenated alkanes) is 5. The van der Waals surface area contributed by atoms with Crippen molar-refractivity contribution in [2.75, 3.05) is 7.11 Å². The van der Waals surface area contributed by atoms with E-state index >= 15 is 0 Å². The molecule has 0 aromatic rings. The van der Waals surface area contributed by atoms with Crippen LogP contribution in [0.4, 0.5) is 0 Å². The fourth-order valence-electron chi connectivity index (χ4n) is 2.25. The van der Waals surface area contributed by atoms with Crippen molar-refractivity contribution in [3.05, 3.63) is 0 Å². The summed E-state index contributed by atoms with van der Waals surface area (Å²) in [5, 5.41) is 19.3. The number of aliphatic hydroxyl groups is 2. The summed E-state index contributed by atoms with van der Waals surface area (Å²) in [7, 11) is 1.34. The van der Waals surface area contributed by atoms with Gasteiger partial charge in [-0.05, 0) is 19.3 Å². The average Bonchev–Trinajstić information content (AvgIpc) is 2.43. The second-order valence-electron chi connectivity index (χ2n) is 5.58. The topological polar surface area (TPSA) is 66.8 Å². The largest absolute Gasteiger partial charge is 0.469 e. The molecular formula is C16H32O4. The van der Waals surface area contributed by atoms with Gasteiger partial charge in [-0.25, -0.2) is 0 Å². The van der Waals surface area contributed by atoms with Crippen molar-refractivity contribution in [3.63, 3.8) is 0 Å². The lowest BCUT2D eigenvalue weighted by Crippen LogP contribution is -2.14. The quantitative estimate of drug-likeness (QED) is 0.403. The number of carbonyl (C=O) groups is 1. The summed E-state index contributed by atoms with van der Waals surface area (Å²) in [6.45, 7) is 2.14. The van der Waals surface area contributed by atoms with Crippen LogP contribution in [0.3, 0.4) is 0 Å². The van der Waals surface area contributed by atoms with Crippen LogP contribution in [-0.4, -0.2) is 35.5 Å². The molecule has 0 heterocycles. The monoisotopic (exact) mass is 288 g/mol. The molecule has 2 N–H and O–H groups in total. The fourth-order valence-corrected chi connectivity index (χ4v) is 2.25. The van der Waals surface area contributed by atoms with E-state index < -0.39 is 6.10 Å². The molecule has 0 bridgehead atoms. The van der Waals surface area contributed by atoms with E-state index in [1.807, 2.05) is 0 Å². The highest BCUT2D eigenvalue weighted by Gasteiger charge is 2.10. The van der Waals surface area contributed by atoms with Crippen molar-refractivity contribution < 1.29 is 19.7 Å². The lowest BCUT2D eigenvalue weighted by atomic mass is 10.0. The van der Waals surface area contributed by atoms with Gasteiger partial charge in [0.2, 0.25) is 0 Å². The van der Waals surface area contributed by atoms with Crippen molar-refractivity contribution >= 4 is 5.97 Å². The molecule has 2 unspecified atom stereocenters. The van der Waals surface area contributed by atoms with Gasteiger partial charge in [-0.3, -0.25) is 4.79 Å². The maximum atomic E-state index is 10.9. The maximum absolute atomic E-state index is 10.9. The normalized spacial score (nSPS) is 14.0. The van der Waals surface area contributed by atoms with Crippen molar-refractivity contribution in [1.29, 1.82) is 0 Å². The van der Waals surface area contributed by atoms with Crippen LogP contribution < -0.4 is 0 Å². The summed E-state index contributed by atoms with van der Waals surface area (Å²) in [5.41, 5.74) is 0. The van der Waals surface area contributed by atoms with E-state index in [-0.39, 0.29) is 18.5 Å². The molecule has 120 valence electrons. The number of hydrogen-bond donors (Lipinski definition) is 2. The molecule has 0 aliphatic carbocycles. The van der Waals surface area contributed by atoms with Crippen molar-refractivity contribution in [2.45, 2.75) is 89.8 Å². The molecule has 0 aromatic carbocycles. The van der Waals surface area contributed by atoms with Gasteiger partial charge in [0.15, 0.2) is 0 Å². The van der Waals surface area contributed by atoms with Gasteiger partial charge in [0.25, 0.3) is 0 Å². The SMILES string of the molecule is CCCCC(O)CCCCCCCC(O)CC(=O)OC. The van der Waals surface area contributed by atoms with Crippen LogP contribution in [-0.2, 0) is 9.53 Å². The molecule has 0 spiro atoms. The Morgan fingerprint density at radius 1 is 0.900 bits per heavy atom. The number of aliphatic hydroxyl groups excluding tert-OH is 2. The van der Waals surface area contributed by atoms with Gasteiger partial charge in [0.1, 0.15) is 0 Å². The van der Waals surface area contributed by atoms with Gasteiger partial charge < -0.3 is 14.9 Å². The molecule has 0 saturated heterocycles. The first kappa shape index (κ1) is 19.4. The maximum Gasteiger partial charge on any atom is 0.308 e. The van der Waals surface area contributed by atoms with Gasteiger partial charge >= 0.3 is 5.97 Å². The molecule has 0 aliphatic rings. The first-order valence-corrected chi connectivity index (χ1v) is 8.03. The predicted octanol–water partition coefficient (Wildman–Crippen LogP) is 3.19. The van der Waals surface area contributed by atoms with Gasteiger partial charge in [-0.2, -0.15) is 0 Å². The number of ether oxygens (including phenoxy) is 1. The Hall–Kier alpha value is -0.610. The Morgan fingerprint density at radius 2 is 1.40 bits per heavy atom. The van der Waals surface area contributed by atoms with Crippen molar-refractivity contribution in [2.24, 2.45) is 0 Å². The highest BCUT2D eigenvalue weighted by atomic mass is 16.5. The zero-order valence-electron chi connectivity index (χ0n) is 13.1. The number of esters is 1. The number of rotatable bonds is 13. The van der Waals surface area contributed by atoms with E-state index in [9.17, 15) is 15.0 Å². The Balaban J connectivity index is 3.29. The first-order chi connectivity index (χ1) is 9.60. The third-order valence-electron chi connectivity index (χ3n) is 3.60. The zero-order valence-corrected chi connectivity index (χ0v) is 13.1. The minimum Gasteiger partial charge on any atom is -0.469 e. The molecule has 0 rings (SSSR count). The lowest BCUT2D eigenvalue weighted by molar-refractivity contribution is -0.142. The molecule has 0 aliphatic heterocycles. The highest BCUT2D eigenvalue weighted by molar-refractivity contribution is 5.69. The predicted molar refractivity (Wildman–Crippen MR) is 80.5 cm³/mol. The van der Waals surface area contributed by atoms with E-state index in [0.29, 0.717) is 6.42 Å². The molecule has 0 fully saturated rings. The van der Waals surface area contributed by atoms with E-state index in [1.165, 1.54) is 7.11 Å². The van der Waals surface area contributed by atoms with Crippen LogP contribution in [0.25, 0.3) is 0 Å². The smallest absolute Gasteiger partial charge is 0.308 e. The van der Waals surface area contributed by atoms with Crippen LogP contribution in [0.15, 0.2) is 0 Å². The van der Waals surface area contributed by atoms with Gasteiger partial charge in [-0.1, -0.05) is 51.9 Å². The molecule has 0 aromatic heterocycles. The molecular weight excluding hydrogens is 256 g/mol. The van der Waals surface area contributed by atoms with E-state index in [2.05, 4.69) is 11.7 Å². The van der Waals surface area contributed by atoms with Gasteiger partial charge in [0.05, 0.1) is 25.7 Å². The van der Waals surface area contributed by atoms with E-state index in [0.717, 1.165) is 57.8 Å². The van der Waals surface area contributed by atoms with Crippen LogP contribution in [0.2, 0.25) is 0 Å². The van der Waals surface area contributed by atoms with Crippen molar-refractivity contribution in [1.82, 2.24) is 0 Å². The minimum atomic E-state index is -0.571. The summed E-state index contributed by atoms with van der Waals surface area (Å²) < 4.78 is 4.51. The average molecular weight is 288 g/mol. The molecule has 4 heteroatoms. The van der Waals surface area contributed by atoms with Crippen LogP contribution in [0.5, 0.6) is 0 Å². The summed E-state index contributed by atoms with van der Waals surface area (Å²) in [6.07, 6.45) is 9.51. The number of methoxy groups -OCH3 is 1. The molecule has 0 radical (unpaired) electrons. The second-order valence-corrected chi connectivity index (χ2v) is 5.58. The van der Waals surface area contributed by atoms with Crippen LogP contribution in [0, 0.1) is 0 Å². The van der Waals surface area contributed by atoms with Crippen LogP contribution in [0.1, 0.15) is 77.6 Å². The Morgan fingerprint density at radius 3 is 1.95 bits per heavy atom. The van der Waals surface area contributed by atoms with Crippen LogP contribution >= 0.6 is 0 Å². The lowest BCUT2D eigenvalue weighted by Gasteiger charge is -2.10. The Labute approximate surface area is 123 Å². The third-order valence-corrected chi connectivity index (χ3v) is 3.60. The van der Waals surface area contributed by atoms with E-state index in [4.69, 9.17) is 0 Å². The number of hydrogen-bond acceptors (Lipinski definition) is 4.